The zero-order valence-electron chi connectivity index (χ0n) is 33.8. The number of amides is 1. The number of aryl methyl sites for hydroxylation is 4. The summed E-state index contributed by atoms with van der Waals surface area (Å²) in [4.78, 5) is 31.6. The Morgan fingerprint density at radius 3 is 1.39 bits per heavy atom. The van der Waals surface area contributed by atoms with Gasteiger partial charge in [0, 0.05) is 49.5 Å². The van der Waals surface area contributed by atoms with Crippen LogP contribution in [0.2, 0.25) is 49.6 Å². The SMILES string of the molecule is C[Si](C)(C)c1ccn(-c2ccc(C(=O)O)c(Cl)n2)n1.Cc1nn(C)cc1S(=O)(=O)NC(=O)c1ccc(-n2ccc([Si](C)(C)C)n2)nc1Cl.Cc1nn(C)cc1S(N)(=O)=O. The van der Waals surface area contributed by atoms with Gasteiger partial charge in [0.2, 0.25) is 10.0 Å². The van der Waals surface area contributed by atoms with Crippen molar-refractivity contribution in [2.24, 2.45) is 19.2 Å². The fraction of sp³-hybridized carbons (Fsp3) is 0.294. The van der Waals surface area contributed by atoms with Crippen LogP contribution < -0.4 is 20.5 Å². The molecule has 4 N–H and O–H groups in total. The minimum atomic E-state index is -4.09. The van der Waals surface area contributed by atoms with Crippen LogP contribution in [0.5, 0.6) is 0 Å². The number of aromatic nitrogens is 10. The average Bonchev–Trinajstić information content (AvgIpc) is 3.91. The Morgan fingerprint density at radius 1 is 0.678 bits per heavy atom. The van der Waals surface area contributed by atoms with Crippen molar-refractivity contribution in [1.29, 1.82) is 0 Å². The van der Waals surface area contributed by atoms with E-state index in [1.165, 1.54) is 33.9 Å². The molecule has 6 aromatic rings. The molecule has 1 amide bonds. The number of hydrogen-bond acceptors (Lipinski definition) is 12. The van der Waals surface area contributed by atoms with Gasteiger partial charge in [0.1, 0.15) is 36.2 Å². The highest BCUT2D eigenvalue weighted by Crippen LogP contribution is 2.19. The van der Waals surface area contributed by atoms with Crippen LogP contribution in [0.1, 0.15) is 32.1 Å². The molecule has 59 heavy (non-hydrogen) atoms. The van der Waals surface area contributed by atoms with E-state index in [0.29, 0.717) is 17.3 Å². The molecular formula is C34H44Cl2N12O7S2Si2. The van der Waals surface area contributed by atoms with E-state index in [9.17, 15) is 26.4 Å². The van der Waals surface area contributed by atoms with Gasteiger partial charge in [-0.05, 0) is 50.2 Å². The number of nitrogens with zero attached hydrogens (tertiary/aromatic N) is 10. The third-order valence-corrected chi connectivity index (χ3v) is 14.7. The van der Waals surface area contributed by atoms with Crippen molar-refractivity contribution in [3.63, 3.8) is 0 Å². The highest BCUT2D eigenvalue weighted by atomic mass is 35.5. The van der Waals surface area contributed by atoms with Gasteiger partial charge < -0.3 is 5.11 Å². The number of halogens is 2. The van der Waals surface area contributed by atoms with E-state index < -0.39 is 48.1 Å². The Bertz CT molecular complexity index is 2750. The maximum absolute atomic E-state index is 12.5. The van der Waals surface area contributed by atoms with Crippen molar-refractivity contribution in [3.05, 3.63) is 94.0 Å². The molecule has 0 unspecified atom stereocenters. The van der Waals surface area contributed by atoms with Crippen LogP contribution in [0.3, 0.4) is 0 Å². The van der Waals surface area contributed by atoms with E-state index in [1.54, 1.807) is 55.6 Å². The van der Waals surface area contributed by atoms with Crippen LogP contribution in [0, 0.1) is 13.8 Å². The molecule has 0 fully saturated rings. The number of rotatable bonds is 9. The normalized spacial score (nSPS) is 11.9. The smallest absolute Gasteiger partial charge is 0.338 e. The molecular weight excluding hydrogens is 880 g/mol. The predicted molar refractivity (Wildman–Crippen MR) is 228 cm³/mol. The Morgan fingerprint density at radius 2 is 1.08 bits per heavy atom. The third kappa shape index (κ3) is 11.8. The van der Waals surface area contributed by atoms with Gasteiger partial charge in [-0.3, -0.25) is 14.2 Å². The summed E-state index contributed by atoms with van der Waals surface area (Å²) in [6.45, 7) is 16.3. The molecule has 0 bridgehead atoms. The third-order valence-electron chi connectivity index (χ3n) is 8.09. The topological polar surface area (TPSA) is 258 Å². The Hall–Kier alpha value is -5.05. The number of nitrogens with one attached hydrogen (secondary N) is 1. The van der Waals surface area contributed by atoms with Crippen molar-refractivity contribution < 1.29 is 31.5 Å². The van der Waals surface area contributed by atoms with Gasteiger partial charge in [-0.15, -0.1) is 0 Å². The van der Waals surface area contributed by atoms with Gasteiger partial charge in [0.05, 0.1) is 22.5 Å². The van der Waals surface area contributed by atoms with E-state index >= 15 is 0 Å². The monoisotopic (exact) mass is 922 g/mol. The van der Waals surface area contributed by atoms with Crippen molar-refractivity contribution >= 4 is 81.9 Å². The highest BCUT2D eigenvalue weighted by molar-refractivity contribution is 7.90. The Kier molecular flexibility index (Phi) is 14.0. The molecule has 19 nitrogen and oxygen atoms in total. The lowest BCUT2D eigenvalue weighted by Gasteiger charge is -2.11. The summed E-state index contributed by atoms with van der Waals surface area (Å²) in [5.74, 6) is -1.02. The first kappa shape index (κ1) is 46.6. The number of carboxylic acids is 1. The number of pyridine rings is 2. The molecule has 0 aliphatic rings. The lowest BCUT2D eigenvalue weighted by atomic mass is 10.3. The molecule has 0 aromatic carbocycles. The largest absolute Gasteiger partial charge is 0.478 e. The second-order valence-electron chi connectivity index (χ2n) is 15.1. The summed E-state index contributed by atoms with van der Waals surface area (Å²) in [6.07, 6.45) is 6.29. The van der Waals surface area contributed by atoms with Crippen molar-refractivity contribution in [3.8, 4) is 11.6 Å². The minimum absolute atomic E-state index is 0.0111. The number of hydrogen-bond donors (Lipinski definition) is 3. The number of sulfonamides is 2. The minimum Gasteiger partial charge on any atom is -0.478 e. The fourth-order valence-corrected chi connectivity index (χ4v) is 9.43. The van der Waals surface area contributed by atoms with Gasteiger partial charge in [0.25, 0.3) is 15.9 Å². The fourth-order valence-electron chi connectivity index (χ4n) is 5.07. The summed E-state index contributed by atoms with van der Waals surface area (Å²) in [5.41, 5.74) is 0.639. The number of carbonyl (C=O) groups excluding carboxylic acids is 1. The molecule has 6 aromatic heterocycles. The van der Waals surface area contributed by atoms with Crippen molar-refractivity contribution in [2.45, 2.75) is 62.9 Å². The quantitative estimate of drug-likeness (QED) is 0.139. The van der Waals surface area contributed by atoms with E-state index in [1.807, 2.05) is 23.1 Å². The number of carboxylic acid groups (broad SMARTS) is 1. The van der Waals surface area contributed by atoms with Crippen LogP contribution >= 0.6 is 23.2 Å². The molecule has 6 heterocycles. The molecule has 25 heteroatoms. The first-order valence-corrected chi connectivity index (χ1v) is 28.2. The van der Waals surface area contributed by atoms with E-state index in [2.05, 4.69) is 69.6 Å². The molecule has 0 saturated carbocycles. The van der Waals surface area contributed by atoms with E-state index in [4.69, 9.17) is 33.4 Å². The molecule has 0 radical (unpaired) electrons. The number of carbonyl (C=O) groups is 2. The second-order valence-corrected chi connectivity index (χ2v) is 29.0. The summed E-state index contributed by atoms with van der Waals surface area (Å²) in [7, 11) is -7.51. The maximum atomic E-state index is 12.5. The number of nitrogens with two attached hydrogens (primary N) is 1. The maximum Gasteiger partial charge on any atom is 0.338 e. The molecule has 316 valence electrons. The zero-order chi connectivity index (χ0) is 44.4. The predicted octanol–water partition coefficient (Wildman–Crippen LogP) is 3.17. The summed E-state index contributed by atoms with van der Waals surface area (Å²) in [5, 5.41) is 32.5. The van der Waals surface area contributed by atoms with Crippen molar-refractivity contribution in [2.75, 3.05) is 0 Å². The van der Waals surface area contributed by atoms with Gasteiger partial charge in [-0.1, -0.05) is 62.5 Å². The Balaban J connectivity index is 0.000000219. The van der Waals surface area contributed by atoms with Gasteiger partial charge >= 0.3 is 5.97 Å². The second kappa shape index (κ2) is 17.7. The standard InChI is InChI=1S/C17H21ClN6O3SSi.C12H14ClN3O2Si.C5H9N3O2S/c1-11-13(10-23(2)20-11)28(26,27)22-17(25)12-6-7-14(19-16(12)18)24-9-8-15(21-24)29(3,4)5;1-19(2,3)10-6-7-16(15-10)9-5-4-8(12(17)18)11(13)14-9;1-4-5(11(6,9)10)3-8(2)7-4/h6-10H,1-5H3,(H,22,25);4-7H,1-3H3,(H,17,18);3H,1-2H3,(H2,6,9,10). The zero-order valence-corrected chi connectivity index (χ0v) is 38.9. The first-order valence-electron chi connectivity index (χ1n) is 17.4. The van der Waals surface area contributed by atoms with Crippen molar-refractivity contribution in [1.82, 2.24) is 53.8 Å². The number of primary sulfonamides is 1. The highest BCUT2D eigenvalue weighted by Gasteiger charge is 2.26. The van der Waals surface area contributed by atoms with Crippen LogP contribution in [0.4, 0.5) is 0 Å². The van der Waals surface area contributed by atoms with Gasteiger partial charge in [-0.2, -0.15) is 20.4 Å². The molecule has 0 saturated heterocycles. The van der Waals surface area contributed by atoms with Crippen LogP contribution in [0.25, 0.3) is 11.6 Å². The molecule has 0 aliphatic heterocycles. The van der Waals surface area contributed by atoms with E-state index in [-0.39, 0.29) is 36.9 Å². The Labute approximate surface area is 353 Å². The van der Waals surface area contributed by atoms with Gasteiger partial charge in [0.15, 0.2) is 11.6 Å². The van der Waals surface area contributed by atoms with Crippen LogP contribution in [-0.2, 0) is 34.1 Å². The summed E-state index contributed by atoms with van der Waals surface area (Å²) in [6, 6.07) is 9.91. The molecule has 0 atom stereocenters. The molecule has 0 aliphatic carbocycles. The summed E-state index contributed by atoms with van der Waals surface area (Å²) >= 11 is 12.0. The van der Waals surface area contributed by atoms with Crippen LogP contribution in [0.15, 0.2) is 71.0 Å². The summed E-state index contributed by atoms with van der Waals surface area (Å²) < 4.78 is 54.5. The van der Waals surface area contributed by atoms with Gasteiger partial charge in [-0.25, -0.2) is 50.8 Å². The first-order chi connectivity index (χ1) is 27.1. The average molecular weight is 924 g/mol. The van der Waals surface area contributed by atoms with Crippen LogP contribution in [-0.4, -0.2) is 99.1 Å². The molecule has 6 rings (SSSR count). The number of aromatic carboxylic acids is 1. The molecule has 0 spiro atoms. The lowest BCUT2D eigenvalue weighted by Crippen LogP contribution is -2.39. The lowest BCUT2D eigenvalue weighted by molar-refractivity contribution is 0.0696. The van der Waals surface area contributed by atoms with E-state index in [0.717, 1.165) is 10.6 Å².